The van der Waals surface area contributed by atoms with Crippen LogP contribution >= 0.6 is 0 Å². The molecular weight excluding hydrogens is 681 g/mol. The number of benzene rings is 7. The maximum absolute atomic E-state index is 2.63. The molecule has 11 rings (SSSR count). The number of hydrogen-bond donors (Lipinski definition) is 0. The summed E-state index contributed by atoms with van der Waals surface area (Å²) >= 11 is 0. The number of fused-ring (bicyclic) bond motifs is 8. The molecule has 7 aromatic rings. The Labute approximate surface area is 320 Å². The molecule has 2 aliphatic carbocycles. The van der Waals surface area contributed by atoms with Gasteiger partial charge in [-0.2, -0.15) is 0 Å². The second-order valence-electron chi connectivity index (χ2n) is 16.8. The predicted octanol–water partition coefficient (Wildman–Crippen LogP) is 11.4. The van der Waals surface area contributed by atoms with Crippen molar-refractivity contribution in [1.29, 1.82) is 0 Å². The molecule has 0 radical (unpaired) electrons. The van der Waals surface area contributed by atoms with E-state index in [0.717, 1.165) is 6.42 Å². The molecule has 0 N–H and O–H groups in total. The Hall–Kier alpha value is -5.55. The van der Waals surface area contributed by atoms with Gasteiger partial charge in [0.2, 0.25) is 0 Å². The van der Waals surface area contributed by atoms with Crippen LogP contribution in [0.15, 0.2) is 169 Å². The average molecular weight is 723 g/mol. The van der Waals surface area contributed by atoms with Crippen molar-refractivity contribution in [3.8, 4) is 44.5 Å². The van der Waals surface area contributed by atoms with E-state index in [2.05, 4.69) is 190 Å². The van der Waals surface area contributed by atoms with E-state index >= 15 is 0 Å². The maximum atomic E-state index is 2.63. The lowest BCUT2D eigenvalue weighted by molar-refractivity contribution is 0.784. The minimum absolute atomic E-state index is 0.493. The second kappa shape index (κ2) is 11.5. The summed E-state index contributed by atoms with van der Waals surface area (Å²) in [6.07, 6.45) is 14.7. The van der Waals surface area contributed by atoms with E-state index in [1.807, 2.05) is 0 Å². The fourth-order valence-corrected chi connectivity index (χ4v) is 16.4. The summed E-state index contributed by atoms with van der Waals surface area (Å²) in [6, 6.07) is 49.5. The van der Waals surface area contributed by atoms with Crippen molar-refractivity contribution in [2.45, 2.75) is 32.6 Å². The Balaban J connectivity index is 1.02. The SMILES string of the molecule is C[Si]1(C)c2cc(-c3ccc(C4=C5C=CC=CC5CC=C4)cc3)ccc2-c2c1cc1c3c(cccc23)[Si](C)(C)c2cc(-c3ccc4ccccc4c3)ccc2-1. The molecule has 2 heteroatoms. The Morgan fingerprint density at radius 1 is 0.481 bits per heavy atom. The molecule has 4 aliphatic rings. The largest absolute Gasteiger partial charge is 0.113 e. The smallest absolute Gasteiger partial charge is 0.0830 e. The van der Waals surface area contributed by atoms with Gasteiger partial charge in [0.1, 0.15) is 16.1 Å². The van der Waals surface area contributed by atoms with E-state index in [1.54, 1.807) is 20.7 Å². The first kappa shape index (κ1) is 31.9. The summed E-state index contributed by atoms with van der Waals surface area (Å²) in [7, 11) is -4.05. The highest BCUT2D eigenvalue weighted by Crippen LogP contribution is 2.43. The second-order valence-corrected chi connectivity index (χ2v) is 25.5. The van der Waals surface area contributed by atoms with Gasteiger partial charge in [0.05, 0.1) is 0 Å². The lowest BCUT2D eigenvalue weighted by atomic mass is 9.82. The van der Waals surface area contributed by atoms with Crippen molar-refractivity contribution in [2.75, 3.05) is 0 Å². The van der Waals surface area contributed by atoms with E-state index < -0.39 is 16.1 Å². The number of allylic oxidation sites excluding steroid dienone is 8. The molecular formula is C52H42Si2. The molecule has 7 aromatic carbocycles. The Morgan fingerprint density at radius 2 is 1.15 bits per heavy atom. The zero-order valence-corrected chi connectivity index (χ0v) is 33.4. The summed E-state index contributed by atoms with van der Waals surface area (Å²) in [6.45, 7) is 10.3. The molecule has 1 atom stereocenters. The Kier molecular flexibility index (Phi) is 6.79. The van der Waals surface area contributed by atoms with Crippen molar-refractivity contribution in [2.24, 2.45) is 5.92 Å². The molecule has 258 valence electrons. The zero-order valence-electron chi connectivity index (χ0n) is 31.4. The molecule has 54 heavy (non-hydrogen) atoms. The first-order valence-electron chi connectivity index (χ1n) is 19.5. The van der Waals surface area contributed by atoms with Gasteiger partial charge < -0.3 is 0 Å². The molecule has 0 aromatic heterocycles. The third-order valence-corrected chi connectivity index (χ3v) is 20.2. The molecule has 0 saturated heterocycles. The van der Waals surface area contributed by atoms with Crippen molar-refractivity contribution in [3.63, 3.8) is 0 Å². The molecule has 0 bridgehead atoms. The van der Waals surface area contributed by atoms with E-state index in [-0.39, 0.29) is 0 Å². The van der Waals surface area contributed by atoms with Crippen molar-refractivity contribution >= 4 is 64.0 Å². The van der Waals surface area contributed by atoms with Gasteiger partial charge in [-0.1, -0.05) is 184 Å². The lowest BCUT2D eigenvalue weighted by Crippen LogP contribution is -2.56. The third-order valence-electron chi connectivity index (χ3n) is 13.2. The molecule has 2 aliphatic heterocycles. The van der Waals surface area contributed by atoms with Gasteiger partial charge in [-0.05, 0) is 116 Å². The van der Waals surface area contributed by atoms with Crippen LogP contribution in [0.1, 0.15) is 12.0 Å². The number of hydrogen-bond acceptors (Lipinski definition) is 0. The van der Waals surface area contributed by atoms with Crippen LogP contribution in [0.4, 0.5) is 0 Å². The summed E-state index contributed by atoms with van der Waals surface area (Å²) in [5, 5.41) is 11.8. The molecule has 0 saturated carbocycles. The highest BCUT2D eigenvalue weighted by atomic mass is 28.3. The standard InChI is InChI=1S/C52H42Si2/c1-53(2)47-18-10-17-45-51-44-28-26-39(34-19-22-36(23-20-34)42-16-9-14-35-12-7-8-15-41(35)42)30-49(44)54(3,4)50(51)32-46(52(45)47)43-27-25-40(31-48(43)53)38-24-21-33-11-5-6-13-37(33)29-38/h5-13,15-32,35H,14H2,1-4H3. The van der Waals surface area contributed by atoms with E-state index in [0.29, 0.717) is 5.92 Å². The first-order chi connectivity index (χ1) is 26.3. The molecule has 0 nitrogen and oxygen atoms in total. The van der Waals surface area contributed by atoms with Crippen LogP contribution in [0, 0.1) is 5.92 Å². The highest BCUT2D eigenvalue weighted by Gasteiger charge is 2.42. The maximum Gasteiger partial charge on any atom is 0.113 e. The molecule has 0 spiro atoms. The van der Waals surface area contributed by atoms with Crippen LogP contribution in [0.25, 0.3) is 71.6 Å². The third kappa shape index (κ3) is 4.54. The summed E-state index contributed by atoms with van der Waals surface area (Å²) < 4.78 is 0. The van der Waals surface area contributed by atoms with Crippen LogP contribution in [0.2, 0.25) is 26.2 Å². The van der Waals surface area contributed by atoms with Crippen molar-refractivity contribution in [3.05, 3.63) is 175 Å². The van der Waals surface area contributed by atoms with Gasteiger partial charge in [0, 0.05) is 5.92 Å². The van der Waals surface area contributed by atoms with Crippen LogP contribution in [-0.2, 0) is 0 Å². The van der Waals surface area contributed by atoms with Gasteiger partial charge >= 0.3 is 0 Å². The molecule has 2 heterocycles. The minimum atomic E-state index is -2.03. The predicted molar refractivity (Wildman–Crippen MR) is 239 cm³/mol. The highest BCUT2D eigenvalue weighted by molar-refractivity contribution is 7.05. The average Bonchev–Trinajstić information content (AvgIpc) is 3.44. The fraction of sp³-hybridized carbons (Fsp3) is 0.115. The van der Waals surface area contributed by atoms with Gasteiger partial charge in [0.25, 0.3) is 0 Å². The van der Waals surface area contributed by atoms with Crippen LogP contribution in [0.3, 0.4) is 0 Å². The zero-order chi connectivity index (χ0) is 36.3. The van der Waals surface area contributed by atoms with Crippen LogP contribution in [0.5, 0.6) is 0 Å². The van der Waals surface area contributed by atoms with E-state index in [9.17, 15) is 0 Å². The monoisotopic (exact) mass is 722 g/mol. The normalized spacial score (nSPS) is 18.1. The van der Waals surface area contributed by atoms with Gasteiger partial charge in [0.15, 0.2) is 0 Å². The van der Waals surface area contributed by atoms with E-state index in [4.69, 9.17) is 0 Å². The van der Waals surface area contributed by atoms with Gasteiger partial charge in [-0.15, -0.1) is 0 Å². The Bertz CT molecular complexity index is 2890. The minimum Gasteiger partial charge on any atom is -0.0830 e. The topological polar surface area (TPSA) is 0 Å². The number of rotatable bonds is 3. The lowest BCUT2D eigenvalue weighted by Gasteiger charge is -2.35. The van der Waals surface area contributed by atoms with Gasteiger partial charge in [-0.3, -0.25) is 0 Å². The van der Waals surface area contributed by atoms with Crippen molar-refractivity contribution < 1.29 is 0 Å². The van der Waals surface area contributed by atoms with Crippen molar-refractivity contribution in [1.82, 2.24) is 0 Å². The molecule has 0 fully saturated rings. The first-order valence-corrected chi connectivity index (χ1v) is 25.5. The summed E-state index contributed by atoms with van der Waals surface area (Å²) in [4.78, 5) is 0. The van der Waals surface area contributed by atoms with Gasteiger partial charge in [-0.25, -0.2) is 0 Å². The molecule has 0 amide bonds. The van der Waals surface area contributed by atoms with E-state index in [1.165, 1.54) is 82.8 Å². The quantitative estimate of drug-likeness (QED) is 0.159. The van der Waals surface area contributed by atoms with Crippen LogP contribution in [-0.4, -0.2) is 16.1 Å². The summed E-state index contributed by atoms with van der Waals surface area (Å²) in [5.41, 5.74) is 15.1. The van der Waals surface area contributed by atoms with Crippen LogP contribution < -0.4 is 20.7 Å². The Morgan fingerprint density at radius 3 is 1.98 bits per heavy atom. The fourth-order valence-electron chi connectivity index (χ4n) is 10.2. The summed E-state index contributed by atoms with van der Waals surface area (Å²) in [5.74, 6) is 0.493. The molecule has 1 unspecified atom stereocenters.